The Morgan fingerprint density at radius 3 is 2.44 bits per heavy atom. The average Bonchev–Trinajstić information content (AvgIpc) is 2.38. The van der Waals surface area contributed by atoms with Crippen LogP contribution >= 0.6 is 11.6 Å². The summed E-state index contributed by atoms with van der Waals surface area (Å²) in [6, 6.07) is 12.0. The van der Waals surface area contributed by atoms with E-state index in [0.717, 1.165) is 11.1 Å². The highest BCUT2D eigenvalue weighted by Crippen LogP contribution is 2.29. The number of carbonyl (C=O) groups is 1. The highest BCUT2D eigenvalue weighted by Gasteiger charge is 2.12. The maximum atomic E-state index is 11.9. The highest BCUT2D eigenvalue weighted by molar-refractivity contribution is 6.30. The van der Waals surface area contributed by atoms with E-state index in [4.69, 9.17) is 11.6 Å². The monoisotopic (exact) mass is 260 g/mol. The molecule has 0 bridgehead atoms. The fraction of sp³-hybridized carbons (Fsp3) is 0.133. The summed E-state index contributed by atoms with van der Waals surface area (Å²) in [4.78, 5) is 11.9. The van der Waals surface area contributed by atoms with Crippen LogP contribution < -0.4 is 0 Å². The second-order valence-electron chi connectivity index (χ2n) is 4.01. The van der Waals surface area contributed by atoms with Gasteiger partial charge in [0.05, 0.1) is 0 Å². The highest BCUT2D eigenvalue weighted by atomic mass is 35.5. The van der Waals surface area contributed by atoms with E-state index in [2.05, 4.69) is 0 Å². The molecule has 18 heavy (non-hydrogen) atoms. The van der Waals surface area contributed by atoms with Crippen molar-refractivity contribution in [2.24, 2.45) is 0 Å². The summed E-state index contributed by atoms with van der Waals surface area (Å²) >= 11 is 5.84. The molecule has 0 amide bonds. The normalized spacial score (nSPS) is 10.3. The molecule has 3 heteroatoms. The molecule has 0 aliphatic rings. The molecule has 2 aromatic rings. The minimum absolute atomic E-state index is 0.0555. The summed E-state index contributed by atoms with van der Waals surface area (Å²) in [5.41, 5.74) is 2.23. The van der Waals surface area contributed by atoms with Crippen molar-refractivity contribution in [3.63, 3.8) is 0 Å². The van der Waals surface area contributed by atoms with Gasteiger partial charge in [-0.15, -0.1) is 0 Å². The molecule has 0 spiro atoms. The zero-order valence-electron chi connectivity index (χ0n) is 9.98. The van der Waals surface area contributed by atoms with E-state index in [1.54, 1.807) is 24.3 Å². The van der Waals surface area contributed by atoms with Crippen LogP contribution in [0, 0.1) is 0 Å². The van der Waals surface area contributed by atoms with Crippen molar-refractivity contribution < 1.29 is 9.90 Å². The average molecular weight is 261 g/mol. The van der Waals surface area contributed by atoms with E-state index in [-0.39, 0.29) is 11.5 Å². The Labute approximate surface area is 111 Å². The van der Waals surface area contributed by atoms with Gasteiger partial charge in [-0.25, -0.2) is 0 Å². The summed E-state index contributed by atoms with van der Waals surface area (Å²) in [6.07, 6.45) is 0.436. The zero-order valence-corrected chi connectivity index (χ0v) is 10.7. The van der Waals surface area contributed by atoms with Gasteiger partial charge in [-0.1, -0.05) is 30.7 Å². The number of carbonyl (C=O) groups excluding carboxylic acids is 1. The number of aromatic hydroxyl groups is 1. The van der Waals surface area contributed by atoms with Crippen molar-refractivity contribution >= 4 is 17.4 Å². The van der Waals surface area contributed by atoms with Crippen molar-refractivity contribution in [2.75, 3.05) is 0 Å². The van der Waals surface area contributed by atoms with E-state index in [1.165, 1.54) is 6.07 Å². The van der Waals surface area contributed by atoms with Crippen molar-refractivity contribution in [3.05, 3.63) is 53.1 Å². The second kappa shape index (κ2) is 5.23. The molecule has 0 aliphatic carbocycles. The molecular weight excluding hydrogens is 248 g/mol. The van der Waals surface area contributed by atoms with Crippen molar-refractivity contribution in [1.82, 2.24) is 0 Å². The van der Waals surface area contributed by atoms with Gasteiger partial charge in [-0.2, -0.15) is 0 Å². The molecule has 1 N–H and O–H groups in total. The molecule has 0 unspecified atom stereocenters. The Morgan fingerprint density at radius 1 is 1.17 bits per heavy atom. The second-order valence-corrected chi connectivity index (χ2v) is 4.45. The van der Waals surface area contributed by atoms with E-state index in [9.17, 15) is 9.90 Å². The van der Waals surface area contributed by atoms with E-state index in [1.807, 2.05) is 19.1 Å². The smallest absolute Gasteiger partial charge is 0.163 e. The molecule has 0 saturated heterocycles. The number of benzene rings is 2. The Balaban J connectivity index is 2.57. The van der Waals surface area contributed by atoms with Gasteiger partial charge < -0.3 is 5.11 Å². The lowest BCUT2D eigenvalue weighted by Gasteiger charge is -2.09. The molecule has 0 aromatic heterocycles. The van der Waals surface area contributed by atoms with Gasteiger partial charge in [0, 0.05) is 17.0 Å². The van der Waals surface area contributed by atoms with Crippen molar-refractivity contribution in [2.45, 2.75) is 13.3 Å². The summed E-state index contributed by atoms with van der Waals surface area (Å²) in [5, 5.41) is 10.2. The quantitative estimate of drug-likeness (QED) is 0.835. The van der Waals surface area contributed by atoms with Gasteiger partial charge in [-0.05, 0) is 41.5 Å². The van der Waals surface area contributed by atoms with Crippen LogP contribution in [0.5, 0.6) is 5.75 Å². The molecule has 2 nitrogen and oxygen atoms in total. The lowest BCUT2D eigenvalue weighted by atomic mass is 9.96. The number of phenolic OH excluding ortho intramolecular Hbond substituents is 1. The zero-order chi connectivity index (χ0) is 13.1. The Kier molecular flexibility index (Phi) is 3.68. The fourth-order valence-corrected chi connectivity index (χ4v) is 1.96. The molecule has 0 fully saturated rings. The third-order valence-electron chi connectivity index (χ3n) is 2.78. The predicted octanol–water partition coefficient (Wildman–Crippen LogP) is 4.31. The fourth-order valence-electron chi connectivity index (χ4n) is 1.83. The first-order valence-electron chi connectivity index (χ1n) is 5.74. The van der Waals surface area contributed by atoms with Crippen molar-refractivity contribution in [1.29, 1.82) is 0 Å². The SMILES string of the molecule is CCC(=O)c1ccc(O)cc1-c1ccc(Cl)cc1. The van der Waals surface area contributed by atoms with Crippen LogP contribution in [-0.4, -0.2) is 10.9 Å². The number of ketones is 1. The molecule has 2 aromatic carbocycles. The minimum Gasteiger partial charge on any atom is -0.508 e. The lowest BCUT2D eigenvalue weighted by molar-refractivity contribution is 0.0989. The third-order valence-corrected chi connectivity index (χ3v) is 3.03. The van der Waals surface area contributed by atoms with Crippen LogP contribution in [0.1, 0.15) is 23.7 Å². The van der Waals surface area contributed by atoms with Gasteiger partial charge >= 0.3 is 0 Å². The molecule has 92 valence electrons. The van der Waals surface area contributed by atoms with Crippen LogP contribution in [0.3, 0.4) is 0 Å². The Morgan fingerprint density at radius 2 is 1.83 bits per heavy atom. The molecule has 0 saturated carbocycles. The number of hydrogen-bond donors (Lipinski definition) is 1. The minimum atomic E-state index is 0.0555. The number of rotatable bonds is 3. The van der Waals surface area contributed by atoms with Gasteiger partial charge in [-0.3, -0.25) is 4.79 Å². The topological polar surface area (TPSA) is 37.3 Å². The van der Waals surface area contributed by atoms with E-state index >= 15 is 0 Å². The standard InChI is InChI=1S/C15H13ClO2/c1-2-15(18)13-8-7-12(17)9-14(13)10-3-5-11(16)6-4-10/h3-9,17H,2H2,1H3. The number of phenols is 1. The van der Waals surface area contributed by atoms with Crippen LogP contribution in [0.2, 0.25) is 5.02 Å². The molecule has 0 atom stereocenters. The molecule has 2 rings (SSSR count). The van der Waals surface area contributed by atoms with Crippen LogP contribution in [0.15, 0.2) is 42.5 Å². The summed E-state index contributed by atoms with van der Waals surface area (Å²) in [5.74, 6) is 0.201. The van der Waals surface area contributed by atoms with Gasteiger partial charge in [0.25, 0.3) is 0 Å². The molecule has 0 radical (unpaired) electrons. The Hall–Kier alpha value is -1.80. The first-order valence-corrected chi connectivity index (χ1v) is 6.11. The first kappa shape index (κ1) is 12.7. The largest absolute Gasteiger partial charge is 0.508 e. The van der Waals surface area contributed by atoms with Gasteiger partial charge in [0.1, 0.15) is 5.75 Å². The summed E-state index contributed by atoms with van der Waals surface area (Å²) < 4.78 is 0. The maximum absolute atomic E-state index is 11.9. The first-order chi connectivity index (χ1) is 8.61. The van der Waals surface area contributed by atoms with Gasteiger partial charge in [0.2, 0.25) is 0 Å². The van der Waals surface area contributed by atoms with E-state index < -0.39 is 0 Å². The van der Waals surface area contributed by atoms with Gasteiger partial charge in [0.15, 0.2) is 5.78 Å². The molecular formula is C15H13ClO2. The molecule has 0 heterocycles. The van der Waals surface area contributed by atoms with Crippen LogP contribution in [0.25, 0.3) is 11.1 Å². The summed E-state index contributed by atoms with van der Waals surface area (Å²) in [6.45, 7) is 1.82. The van der Waals surface area contributed by atoms with Crippen molar-refractivity contribution in [3.8, 4) is 16.9 Å². The Bertz CT molecular complexity index is 574. The summed E-state index contributed by atoms with van der Waals surface area (Å²) in [7, 11) is 0. The number of halogens is 1. The maximum Gasteiger partial charge on any atom is 0.163 e. The van der Waals surface area contributed by atoms with Crippen LogP contribution in [0.4, 0.5) is 0 Å². The number of hydrogen-bond acceptors (Lipinski definition) is 2. The third kappa shape index (κ3) is 2.54. The molecule has 0 aliphatic heterocycles. The van der Waals surface area contributed by atoms with Crippen LogP contribution in [-0.2, 0) is 0 Å². The van der Waals surface area contributed by atoms with E-state index in [0.29, 0.717) is 17.0 Å². The number of Topliss-reactive ketones (excluding diaryl/α,β-unsaturated/α-hetero) is 1. The lowest BCUT2D eigenvalue weighted by Crippen LogP contribution is -1.99. The predicted molar refractivity (Wildman–Crippen MR) is 73.2 cm³/mol.